The zero-order chi connectivity index (χ0) is 12.6. The predicted octanol–water partition coefficient (Wildman–Crippen LogP) is 3.94. The van der Waals surface area contributed by atoms with Gasteiger partial charge in [0.1, 0.15) is 0 Å². The summed E-state index contributed by atoms with van der Waals surface area (Å²) in [5.41, 5.74) is 5.51. The van der Waals surface area contributed by atoms with Crippen LogP contribution in [0.5, 0.6) is 0 Å². The molecule has 2 aromatic rings. The lowest BCUT2D eigenvalue weighted by Crippen LogP contribution is -1.99. The quantitative estimate of drug-likeness (QED) is 0.794. The highest BCUT2D eigenvalue weighted by Gasteiger charge is 2.17. The lowest BCUT2D eigenvalue weighted by Gasteiger charge is -2.01. The minimum atomic E-state index is 0.234. The van der Waals surface area contributed by atoms with Crippen molar-refractivity contribution in [2.24, 2.45) is 0 Å². The summed E-state index contributed by atoms with van der Waals surface area (Å²) in [6.45, 7) is 8.17. The van der Waals surface area contributed by atoms with E-state index in [2.05, 4.69) is 37.9 Å². The molecule has 1 aromatic carbocycles. The Morgan fingerprint density at radius 1 is 1.24 bits per heavy atom. The molecule has 2 nitrogen and oxygen atoms in total. The number of aromatic amines is 1. The Kier molecular flexibility index (Phi) is 3.05. The molecule has 0 saturated heterocycles. The summed E-state index contributed by atoms with van der Waals surface area (Å²) in [5, 5.41) is 1.09. The second-order valence-electron chi connectivity index (χ2n) is 4.61. The van der Waals surface area contributed by atoms with Crippen molar-refractivity contribution in [2.75, 3.05) is 0 Å². The Balaban J connectivity index is 2.83. The number of aryl methyl sites for hydroxylation is 3. The van der Waals surface area contributed by atoms with E-state index in [4.69, 9.17) is 0 Å². The van der Waals surface area contributed by atoms with Crippen LogP contribution < -0.4 is 0 Å². The standard InChI is InChI=1S/C15H19NO/c1-5-12-14(13(17)6-2)11-8-9(3)7-10(4)15(11)16-12/h7-8,16H,5-6H2,1-4H3. The fraction of sp³-hybridized carbons (Fsp3) is 0.400. The van der Waals surface area contributed by atoms with E-state index < -0.39 is 0 Å². The minimum Gasteiger partial charge on any atom is -0.358 e. The molecule has 0 radical (unpaired) electrons. The first-order valence-electron chi connectivity index (χ1n) is 6.23. The monoisotopic (exact) mass is 229 g/mol. The predicted molar refractivity (Wildman–Crippen MR) is 71.8 cm³/mol. The molecular weight excluding hydrogens is 210 g/mol. The van der Waals surface area contributed by atoms with E-state index >= 15 is 0 Å². The second-order valence-corrected chi connectivity index (χ2v) is 4.61. The molecule has 90 valence electrons. The zero-order valence-electron chi connectivity index (χ0n) is 11.0. The van der Waals surface area contributed by atoms with Gasteiger partial charge in [0.2, 0.25) is 0 Å². The number of aromatic nitrogens is 1. The number of nitrogens with one attached hydrogen (secondary N) is 1. The number of H-pyrrole nitrogens is 1. The van der Waals surface area contributed by atoms with Crippen LogP contribution in [-0.4, -0.2) is 10.8 Å². The van der Waals surface area contributed by atoms with E-state index in [0.29, 0.717) is 6.42 Å². The van der Waals surface area contributed by atoms with Gasteiger partial charge in [0.25, 0.3) is 0 Å². The number of carbonyl (C=O) groups is 1. The third-order valence-electron chi connectivity index (χ3n) is 3.28. The number of rotatable bonds is 3. The van der Waals surface area contributed by atoms with Gasteiger partial charge >= 0.3 is 0 Å². The van der Waals surface area contributed by atoms with Crippen molar-refractivity contribution in [2.45, 2.75) is 40.5 Å². The molecule has 0 aliphatic carbocycles. The molecule has 2 heteroatoms. The van der Waals surface area contributed by atoms with Crippen molar-refractivity contribution >= 4 is 16.7 Å². The topological polar surface area (TPSA) is 32.9 Å². The zero-order valence-corrected chi connectivity index (χ0v) is 11.0. The van der Waals surface area contributed by atoms with Gasteiger partial charge in [-0.3, -0.25) is 4.79 Å². The summed E-state index contributed by atoms with van der Waals surface area (Å²) >= 11 is 0. The number of benzene rings is 1. The van der Waals surface area contributed by atoms with Crippen LogP contribution >= 0.6 is 0 Å². The van der Waals surface area contributed by atoms with Crippen molar-refractivity contribution < 1.29 is 4.79 Å². The molecule has 0 aliphatic heterocycles. The normalized spacial score (nSPS) is 11.1. The summed E-state index contributed by atoms with van der Waals surface area (Å²) in [4.78, 5) is 15.5. The first-order chi connectivity index (χ1) is 8.08. The number of Topliss-reactive ketones (excluding diaryl/α,β-unsaturated/α-hetero) is 1. The van der Waals surface area contributed by atoms with Crippen LogP contribution in [0.25, 0.3) is 10.9 Å². The first kappa shape index (κ1) is 11.9. The highest BCUT2D eigenvalue weighted by Crippen LogP contribution is 2.27. The molecule has 0 saturated carbocycles. The van der Waals surface area contributed by atoms with Gasteiger partial charge in [-0.1, -0.05) is 25.5 Å². The molecule has 1 aromatic heterocycles. The Hall–Kier alpha value is -1.57. The van der Waals surface area contributed by atoms with Crippen LogP contribution in [0.15, 0.2) is 12.1 Å². The van der Waals surface area contributed by atoms with E-state index in [1.807, 2.05) is 6.92 Å². The smallest absolute Gasteiger partial charge is 0.165 e. The van der Waals surface area contributed by atoms with Gasteiger partial charge in [-0.2, -0.15) is 0 Å². The van der Waals surface area contributed by atoms with E-state index in [-0.39, 0.29) is 5.78 Å². The van der Waals surface area contributed by atoms with Crippen LogP contribution in [0.3, 0.4) is 0 Å². The van der Waals surface area contributed by atoms with Crippen LogP contribution in [0.1, 0.15) is 47.4 Å². The Bertz CT molecular complexity index is 578. The molecule has 0 spiro atoms. The van der Waals surface area contributed by atoms with Gasteiger partial charge in [-0.05, 0) is 31.9 Å². The van der Waals surface area contributed by atoms with Gasteiger partial charge < -0.3 is 4.98 Å². The van der Waals surface area contributed by atoms with Crippen molar-refractivity contribution in [1.82, 2.24) is 4.98 Å². The molecule has 2 rings (SSSR count). The average molecular weight is 229 g/mol. The first-order valence-corrected chi connectivity index (χ1v) is 6.23. The highest BCUT2D eigenvalue weighted by molar-refractivity contribution is 6.09. The van der Waals surface area contributed by atoms with E-state index in [1.54, 1.807) is 0 Å². The van der Waals surface area contributed by atoms with Gasteiger partial charge in [0, 0.05) is 28.6 Å². The van der Waals surface area contributed by atoms with Gasteiger partial charge in [-0.25, -0.2) is 0 Å². The molecule has 0 aliphatic rings. The van der Waals surface area contributed by atoms with Crippen molar-refractivity contribution in [1.29, 1.82) is 0 Å². The lowest BCUT2D eigenvalue weighted by molar-refractivity contribution is 0.0989. The molecule has 17 heavy (non-hydrogen) atoms. The third-order valence-corrected chi connectivity index (χ3v) is 3.28. The van der Waals surface area contributed by atoms with E-state index in [0.717, 1.165) is 28.6 Å². The second kappa shape index (κ2) is 4.36. The number of hydrogen-bond acceptors (Lipinski definition) is 1. The molecule has 0 bridgehead atoms. The molecule has 0 amide bonds. The average Bonchev–Trinajstić information content (AvgIpc) is 2.66. The molecule has 0 unspecified atom stereocenters. The van der Waals surface area contributed by atoms with Crippen LogP contribution in [-0.2, 0) is 6.42 Å². The molecule has 1 N–H and O–H groups in total. The SMILES string of the molecule is CCC(=O)c1c(CC)[nH]c2c(C)cc(C)cc12. The Morgan fingerprint density at radius 2 is 1.94 bits per heavy atom. The minimum absolute atomic E-state index is 0.234. The maximum Gasteiger partial charge on any atom is 0.165 e. The van der Waals surface area contributed by atoms with E-state index in [1.165, 1.54) is 11.1 Å². The van der Waals surface area contributed by atoms with Crippen molar-refractivity contribution in [3.05, 3.63) is 34.5 Å². The number of fused-ring (bicyclic) bond motifs is 1. The van der Waals surface area contributed by atoms with Gasteiger partial charge in [0.15, 0.2) is 5.78 Å². The number of ketones is 1. The maximum atomic E-state index is 12.1. The summed E-state index contributed by atoms with van der Waals surface area (Å²) < 4.78 is 0. The lowest BCUT2D eigenvalue weighted by atomic mass is 10.0. The Morgan fingerprint density at radius 3 is 2.53 bits per heavy atom. The van der Waals surface area contributed by atoms with Crippen molar-refractivity contribution in [3.63, 3.8) is 0 Å². The molecule has 1 heterocycles. The molecule has 0 fully saturated rings. The summed E-state index contributed by atoms with van der Waals surface area (Å²) in [6.07, 6.45) is 1.43. The third kappa shape index (κ3) is 1.88. The summed E-state index contributed by atoms with van der Waals surface area (Å²) in [5.74, 6) is 0.234. The summed E-state index contributed by atoms with van der Waals surface area (Å²) in [7, 11) is 0. The number of carbonyl (C=O) groups excluding carboxylic acids is 1. The Labute approximate surface area is 102 Å². The molecular formula is C15H19NO. The van der Waals surface area contributed by atoms with Crippen LogP contribution in [0, 0.1) is 13.8 Å². The largest absolute Gasteiger partial charge is 0.358 e. The fourth-order valence-electron chi connectivity index (χ4n) is 2.47. The van der Waals surface area contributed by atoms with Gasteiger partial charge in [0.05, 0.1) is 0 Å². The van der Waals surface area contributed by atoms with Crippen LogP contribution in [0.2, 0.25) is 0 Å². The maximum absolute atomic E-state index is 12.1. The van der Waals surface area contributed by atoms with Gasteiger partial charge in [-0.15, -0.1) is 0 Å². The summed E-state index contributed by atoms with van der Waals surface area (Å²) in [6, 6.07) is 4.26. The highest BCUT2D eigenvalue weighted by atomic mass is 16.1. The van der Waals surface area contributed by atoms with Crippen LogP contribution in [0.4, 0.5) is 0 Å². The van der Waals surface area contributed by atoms with E-state index in [9.17, 15) is 4.79 Å². The van der Waals surface area contributed by atoms with Crippen molar-refractivity contribution in [3.8, 4) is 0 Å². The number of hydrogen-bond donors (Lipinski definition) is 1. The molecule has 0 atom stereocenters. The fourth-order valence-corrected chi connectivity index (χ4v) is 2.47.